The third-order valence-corrected chi connectivity index (χ3v) is 4.72. The van der Waals surface area contributed by atoms with E-state index < -0.39 is 5.82 Å². The Morgan fingerprint density at radius 2 is 2.08 bits per heavy atom. The molecule has 2 saturated heterocycles. The van der Waals surface area contributed by atoms with Gasteiger partial charge in [-0.15, -0.1) is 0 Å². The zero-order valence-corrected chi connectivity index (χ0v) is 13.5. The van der Waals surface area contributed by atoms with E-state index in [0.29, 0.717) is 12.6 Å². The lowest BCUT2D eigenvalue weighted by Crippen LogP contribution is -2.59. The maximum atomic E-state index is 13.0. The van der Waals surface area contributed by atoms with E-state index >= 15 is 0 Å². The minimum atomic E-state index is -0.413. The second-order valence-electron chi connectivity index (χ2n) is 6.55. The molecule has 128 valence electrons. The van der Waals surface area contributed by atoms with Gasteiger partial charge in [0.1, 0.15) is 5.76 Å². The fourth-order valence-electron chi connectivity index (χ4n) is 3.67. The van der Waals surface area contributed by atoms with Crippen LogP contribution < -0.4 is 4.90 Å². The highest BCUT2D eigenvalue weighted by Gasteiger charge is 2.41. The lowest BCUT2D eigenvalue weighted by molar-refractivity contribution is -0.117. The lowest BCUT2D eigenvalue weighted by atomic mass is 9.91. The number of morpholine rings is 1. The summed E-state index contributed by atoms with van der Waals surface area (Å²) in [6, 6.07) is 3.92. The minimum Gasteiger partial charge on any atom is -0.468 e. The van der Waals surface area contributed by atoms with Crippen LogP contribution in [0.25, 0.3) is 0 Å². The molecule has 6 nitrogen and oxygen atoms in total. The van der Waals surface area contributed by atoms with Crippen LogP contribution in [-0.2, 0) is 11.3 Å². The molecule has 0 aliphatic carbocycles. The highest BCUT2D eigenvalue weighted by molar-refractivity contribution is 5.31. The molecule has 1 spiro atoms. The van der Waals surface area contributed by atoms with Gasteiger partial charge in [0.2, 0.25) is 5.95 Å². The van der Waals surface area contributed by atoms with E-state index in [4.69, 9.17) is 9.15 Å². The van der Waals surface area contributed by atoms with E-state index in [1.165, 1.54) is 12.4 Å². The standard InChI is InChI=1S/C17H21FN4O2/c18-14-9-19-16(20-10-14)22-5-2-4-17(13-22)12-21(6-8-24-17)11-15-3-1-7-23-15/h1,3,7,9-10H,2,4-6,8,11-13H2/t17-/m0/s1. The molecule has 0 saturated carbocycles. The maximum Gasteiger partial charge on any atom is 0.225 e. The van der Waals surface area contributed by atoms with Crippen molar-refractivity contribution in [3.8, 4) is 0 Å². The normalized spacial score (nSPS) is 25.3. The van der Waals surface area contributed by atoms with Crippen LogP contribution >= 0.6 is 0 Å². The molecule has 1 atom stereocenters. The number of piperidine rings is 1. The molecule has 24 heavy (non-hydrogen) atoms. The van der Waals surface area contributed by atoms with Gasteiger partial charge < -0.3 is 14.1 Å². The fraction of sp³-hybridized carbons (Fsp3) is 0.529. The number of hydrogen-bond donors (Lipinski definition) is 0. The van der Waals surface area contributed by atoms with Crippen LogP contribution in [-0.4, -0.2) is 53.3 Å². The molecule has 0 unspecified atom stereocenters. The first-order valence-electron chi connectivity index (χ1n) is 8.34. The summed E-state index contributed by atoms with van der Waals surface area (Å²) >= 11 is 0. The Kier molecular flexibility index (Phi) is 4.20. The molecule has 0 amide bonds. The molecule has 7 heteroatoms. The molecule has 2 fully saturated rings. The molecule has 0 radical (unpaired) electrons. The molecule has 0 aromatic carbocycles. The lowest BCUT2D eigenvalue weighted by Gasteiger charge is -2.47. The van der Waals surface area contributed by atoms with E-state index in [1.54, 1.807) is 6.26 Å². The van der Waals surface area contributed by atoms with Crippen molar-refractivity contribution in [3.63, 3.8) is 0 Å². The third kappa shape index (κ3) is 3.27. The maximum absolute atomic E-state index is 13.0. The molecule has 2 aliphatic heterocycles. The first-order chi connectivity index (χ1) is 11.7. The summed E-state index contributed by atoms with van der Waals surface area (Å²) in [6.45, 7) is 4.85. The van der Waals surface area contributed by atoms with Crippen molar-refractivity contribution in [2.75, 3.05) is 37.7 Å². The highest BCUT2D eigenvalue weighted by Crippen LogP contribution is 2.31. The Morgan fingerprint density at radius 1 is 1.21 bits per heavy atom. The Bertz CT molecular complexity index is 660. The van der Waals surface area contributed by atoms with Crippen molar-refractivity contribution in [3.05, 3.63) is 42.4 Å². The van der Waals surface area contributed by atoms with Crippen LogP contribution in [0.1, 0.15) is 18.6 Å². The van der Waals surface area contributed by atoms with Gasteiger partial charge >= 0.3 is 0 Å². The predicted octanol–water partition coefficient (Wildman–Crippen LogP) is 2.08. The number of anilines is 1. The summed E-state index contributed by atoms with van der Waals surface area (Å²) < 4.78 is 24.7. The van der Waals surface area contributed by atoms with E-state index in [1.807, 2.05) is 12.1 Å². The Labute approximate surface area is 140 Å². The average molecular weight is 332 g/mol. The number of rotatable bonds is 3. The molecule has 0 N–H and O–H groups in total. The SMILES string of the molecule is Fc1cnc(N2CCC[C@]3(CN(Cc4ccco4)CCO3)C2)nc1. The van der Waals surface area contributed by atoms with Crippen LogP contribution in [0.2, 0.25) is 0 Å². The molecule has 4 rings (SSSR count). The molecule has 0 bridgehead atoms. The summed E-state index contributed by atoms with van der Waals surface area (Å²) in [5.41, 5.74) is -0.221. The van der Waals surface area contributed by atoms with Crippen LogP contribution in [0.5, 0.6) is 0 Å². The van der Waals surface area contributed by atoms with E-state index in [9.17, 15) is 4.39 Å². The number of nitrogens with zero attached hydrogens (tertiary/aromatic N) is 4. The van der Waals surface area contributed by atoms with E-state index in [2.05, 4.69) is 19.8 Å². The van der Waals surface area contributed by atoms with E-state index in [-0.39, 0.29) is 5.60 Å². The monoisotopic (exact) mass is 332 g/mol. The molecule has 2 aromatic heterocycles. The van der Waals surface area contributed by atoms with Crippen molar-refractivity contribution < 1.29 is 13.5 Å². The van der Waals surface area contributed by atoms with Crippen LogP contribution in [0, 0.1) is 5.82 Å². The van der Waals surface area contributed by atoms with Crippen molar-refractivity contribution >= 4 is 5.95 Å². The molecular formula is C17H21FN4O2. The largest absolute Gasteiger partial charge is 0.468 e. The fourth-order valence-corrected chi connectivity index (χ4v) is 3.67. The second kappa shape index (κ2) is 6.49. The van der Waals surface area contributed by atoms with Gasteiger partial charge in [-0.25, -0.2) is 14.4 Å². The number of aromatic nitrogens is 2. The van der Waals surface area contributed by atoms with Crippen molar-refractivity contribution in [1.29, 1.82) is 0 Å². The number of furan rings is 1. The molecule has 4 heterocycles. The van der Waals surface area contributed by atoms with Crippen LogP contribution in [0.4, 0.5) is 10.3 Å². The second-order valence-corrected chi connectivity index (χ2v) is 6.55. The molecular weight excluding hydrogens is 311 g/mol. The highest BCUT2D eigenvalue weighted by atomic mass is 19.1. The summed E-state index contributed by atoms with van der Waals surface area (Å²) in [5, 5.41) is 0. The van der Waals surface area contributed by atoms with Gasteiger partial charge in [0, 0.05) is 19.6 Å². The predicted molar refractivity (Wildman–Crippen MR) is 86.1 cm³/mol. The van der Waals surface area contributed by atoms with Gasteiger partial charge in [-0.05, 0) is 25.0 Å². The first kappa shape index (κ1) is 15.5. The van der Waals surface area contributed by atoms with Gasteiger partial charge in [0.15, 0.2) is 5.82 Å². The van der Waals surface area contributed by atoms with Gasteiger partial charge in [0.05, 0.1) is 44.0 Å². The van der Waals surface area contributed by atoms with Gasteiger partial charge in [-0.3, -0.25) is 4.90 Å². The zero-order valence-electron chi connectivity index (χ0n) is 13.5. The topological polar surface area (TPSA) is 54.6 Å². The van der Waals surface area contributed by atoms with E-state index in [0.717, 1.165) is 51.3 Å². The zero-order chi connectivity index (χ0) is 16.4. The number of ether oxygens (including phenoxy) is 1. The summed E-state index contributed by atoms with van der Waals surface area (Å²) in [7, 11) is 0. The van der Waals surface area contributed by atoms with Gasteiger partial charge in [0.25, 0.3) is 0 Å². The van der Waals surface area contributed by atoms with Crippen LogP contribution in [0.15, 0.2) is 35.2 Å². The Morgan fingerprint density at radius 3 is 2.88 bits per heavy atom. The van der Waals surface area contributed by atoms with Crippen molar-refractivity contribution in [2.24, 2.45) is 0 Å². The van der Waals surface area contributed by atoms with Crippen LogP contribution in [0.3, 0.4) is 0 Å². The molecule has 2 aromatic rings. The number of halogens is 1. The number of hydrogen-bond acceptors (Lipinski definition) is 6. The first-order valence-corrected chi connectivity index (χ1v) is 8.34. The molecule has 2 aliphatic rings. The van der Waals surface area contributed by atoms with Gasteiger partial charge in [-0.2, -0.15) is 0 Å². The summed E-state index contributed by atoms with van der Waals surface area (Å²) in [6.07, 6.45) is 6.16. The summed E-state index contributed by atoms with van der Waals surface area (Å²) in [4.78, 5) is 12.7. The average Bonchev–Trinajstić information content (AvgIpc) is 3.09. The van der Waals surface area contributed by atoms with Crippen molar-refractivity contribution in [1.82, 2.24) is 14.9 Å². The third-order valence-electron chi connectivity index (χ3n) is 4.72. The minimum absolute atomic E-state index is 0.221. The Balaban J connectivity index is 1.46. The summed E-state index contributed by atoms with van der Waals surface area (Å²) in [5.74, 6) is 1.13. The quantitative estimate of drug-likeness (QED) is 0.858. The Hall–Kier alpha value is -1.99. The van der Waals surface area contributed by atoms with Crippen molar-refractivity contribution in [2.45, 2.75) is 25.0 Å². The van der Waals surface area contributed by atoms with Gasteiger partial charge in [-0.1, -0.05) is 0 Å². The smallest absolute Gasteiger partial charge is 0.225 e.